The number of nitrogens with one attached hydrogen (secondary N) is 2. The molecule has 0 unspecified atom stereocenters. The van der Waals surface area contributed by atoms with Crippen molar-refractivity contribution >= 4 is 28.3 Å². The van der Waals surface area contributed by atoms with Crippen LogP contribution in [0, 0.1) is 0 Å². The summed E-state index contributed by atoms with van der Waals surface area (Å²) >= 11 is 1.17. The number of carbonyl (C=O) groups excluding carboxylic acids is 1. The van der Waals surface area contributed by atoms with Gasteiger partial charge in [0.15, 0.2) is 0 Å². The van der Waals surface area contributed by atoms with Crippen molar-refractivity contribution in [1.82, 2.24) is 20.3 Å². The Bertz CT molecular complexity index is 581. The fraction of sp³-hybridized carbons (Fsp3) is 0.273. The number of thiophene rings is 1. The number of aromatic nitrogens is 3. The molecule has 8 nitrogen and oxygen atoms in total. The standard InChI is InChI=1S/C11H13N5O3S/c17-10(18)8-2-7-20-9(8)14-11(19)12-3-1-5-16-6-4-13-15-16/h2,4,6-7H,1,3,5H2,(H,17,18)(H2,12,14,19). The third-order valence-corrected chi connectivity index (χ3v) is 3.27. The predicted octanol–water partition coefficient (Wildman–Crippen LogP) is 1.25. The van der Waals surface area contributed by atoms with E-state index in [9.17, 15) is 9.59 Å². The van der Waals surface area contributed by atoms with Crippen molar-refractivity contribution in [3.8, 4) is 0 Å². The lowest BCUT2D eigenvalue weighted by atomic mass is 10.3. The lowest BCUT2D eigenvalue weighted by Crippen LogP contribution is -2.30. The Labute approximate surface area is 118 Å². The molecular weight excluding hydrogens is 282 g/mol. The molecule has 0 radical (unpaired) electrons. The van der Waals surface area contributed by atoms with Gasteiger partial charge in [0.2, 0.25) is 0 Å². The summed E-state index contributed by atoms with van der Waals surface area (Å²) in [6, 6.07) is 1.03. The molecule has 3 N–H and O–H groups in total. The normalized spacial score (nSPS) is 10.2. The van der Waals surface area contributed by atoms with Crippen molar-refractivity contribution in [2.24, 2.45) is 0 Å². The van der Waals surface area contributed by atoms with Crippen LogP contribution in [0.15, 0.2) is 23.8 Å². The van der Waals surface area contributed by atoms with Gasteiger partial charge >= 0.3 is 12.0 Å². The lowest BCUT2D eigenvalue weighted by molar-refractivity contribution is 0.0698. The zero-order chi connectivity index (χ0) is 14.4. The predicted molar refractivity (Wildman–Crippen MR) is 72.9 cm³/mol. The number of carbonyl (C=O) groups is 2. The molecule has 0 atom stereocenters. The van der Waals surface area contributed by atoms with Crippen LogP contribution in [0.5, 0.6) is 0 Å². The number of hydrogen-bond donors (Lipinski definition) is 3. The minimum atomic E-state index is -1.06. The van der Waals surface area contributed by atoms with Gasteiger partial charge in [-0.05, 0) is 17.9 Å². The first-order valence-corrected chi connectivity index (χ1v) is 6.74. The number of aromatic carboxylic acids is 1. The molecule has 0 aliphatic rings. The number of rotatable bonds is 6. The van der Waals surface area contributed by atoms with Crippen LogP contribution in [0.4, 0.5) is 9.80 Å². The molecule has 2 aromatic heterocycles. The van der Waals surface area contributed by atoms with Gasteiger partial charge in [-0.25, -0.2) is 9.59 Å². The summed E-state index contributed by atoms with van der Waals surface area (Å²) in [6.07, 6.45) is 4.03. The molecule has 0 aliphatic heterocycles. The zero-order valence-corrected chi connectivity index (χ0v) is 11.3. The second-order valence-corrected chi connectivity index (χ2v) is 4.79. The van der Waals surface area contributed by atoms with Gasteiger partial charge in [0.05, 0.1) is 11.8 Å². The van der Waals surface area contributed by atoms with E-state index in [1.165, 1.54) is 17.4 Å². The van der Waals surface area contributed by atoms with E-state index in [4.69, 9.17) is 5.11 Å². The molecule has 2 rings (SSSR count). The second kappa shape index (κ2) is 6.66. The summed E-state index contributed by atoms with van der Waals surface area (Å²) in [6.45, 7) is 1.11. The van der Waals surface area contributed by atoms with E-state index < -0.39 is 12.0 Å². The Hall–Kier alpha value is -2.42. The first-order valence-electron chi connectivity index (χ1n) is 5.86. The van der Waals surface area contributed by atoms with Crippen LogP contribution < -0.4 is 10.6 Å². The number of carboxylic acids is 1. The Balaban J connectivity index is 1.72. The number of urea groups is 1. The van der Waals surface area contributed by atoms with Crippen molar-refractivity contribution in [3.63, 3.8) is 0 Å². The number of aryl methyl sites for hydroxylation is 1. The monoisotopic (exact) mass is 295 g/mol. The molecule has 0 saturated carbocycles. The van der Waals surface area contributed by atoms with Crippen LogP contribution >= 0.6 is 11.3 Å². The maximum absolute atomic E-state index is 11.6. The van der Waals surface area contributed by atoms with Gasteiger partial charge in [0.1, 0.15) is 5.00 Å². The first-order chi connectivity index (χ1) is 9.66. The van der Waals surface area contributed by atoms with Crippen LogP contribution in [-0.4, -0.2) is 38.6 Å². The smallest absolute Gasteiger partial charge is 0.338 e. The average Bonchev–Trinajstić information content (AvgIpc) is 3.05. The van der Waals surface area contributed by atoms with Crippen molar-refractivity contribution in [2.75, 3.05) is 11.9 Å². The van der Waals surface area contributed by atoms with Crippen LogP contribution in [-0.2, 0) is 6.54 Å². The molecular formula is C11H13N5O3S. The number of anilines is 1. The third-order valence-electron chi connectivity index (χ3n) is 2.44. The fourth-order valence-corrected chi connectivity index (χ4v) is 2.29. The molecule has 2 amide bonds. The molecule has 0 aliphatic carbocycles. The molecule has 0 fully saturated rings. The molecule has 0 saturated heterocycles. The Morgan fingerprint density at radius 1 is 1.45 bits per heavy atom. The molecule has 0 aromatic carbocycles. The Morgan fingerprint density at radius 2 is 2.30 bits per heavy atom. The lowest BCUT2D eigenvalue weighted by Gasteiger charge is -2.06. The van der Waals surface area contributed by atoms with Gasteiger partial charge in [0, 0.05) is 19.3 Å². The van der Waals surface area contributed by atoms with Gasteiger partial charge in [-0.1, -0.05) is 5.21 Å². The van der Waals surface area contributed by atoms with Crippen molar-refractivity contribution < 1.29 is 14.7 Å². The number of nitrogens with zero attached hydrogens (tertiary/aromatic N) is 3. The summed E-state index contributed by atoms with van der Waals surface area (Å²) in [7, 11) is 0. The molecule has 2 heterocycles. The summed E-state index contributed by atoms with van der Waals surface area (Å²) in [5, 5.41) is 23.5. The summed E-state index contributed by atoms with van der Waals surface area (Å²) in [5.41, 5.74) is 0.0905. The van der Waals surface area contributed by atoms with E-state index in [0.29, 0.717) is 24.5 Å². The maximum atomic E-state index is 11.6. The van der Waals surface area contributed by atoms with E-state index >= 15 is 0 Å². The van der Waals surface area contributed by atoms with Gasteiger partial charge in [-0.15, -0.1) is 16.4 Å². The Kier molecular flexibility index (Phi) is 4.66. The van der Waals surface area contributed by atoms with E-state index in [0.717, 1.165) is 0 Å². The van der Waals surface area contributed by atoms with E-state index in [1.54, 1.807) is 22.5 Å². The molecule has 106 valence electrons. The first kappa shape index (κ1) is 14.0. The highest BCUT2D eigenvalue weighted by Gasteiger charge is 2.13. The average molecular weight is 295 g/mol. The summed E-state index contributed by atoms with van der Waals surface area (Å²) in [5.74, 6) is -1.06. The van der Waals surface area contributed by atoms with Crippen molar-refractivity contribution in [1.29, 1.82) is 0 Å². The highest BCUT2D eigenvalue weighted by Crippen LogP contribution is 2.22. The van der Waals surface area contributed by atoms with Crippen molar-refractivity contribution in [3.05, 3.63) is 29.4 Å². The molecule has 0 spiro atoms. The minimum Gasteiger partial charge on any atom is -0.478 e. The zero-order valence-electron chi connectivity index (χ0n) is 10.4. The summed E-state index contributed by atoms with van der Waals surface area (Å²) in [4.78, 5) is 22.5. The SMILES string of the molecule is O=C(NCCCn1ccnn1)Nc1sccc1C(=O)O. The van der Waals surface area contributed by atoms with Crippen molar-refractivity contribution in [2.45, 2.75) is 13.0 Å². The summed E-state index contributed by atoms with van der Waals surface area (Å²) < 4.78 is 1.67. The van der Waals surface area contributed by atoms with Gasteiger partial charge in [-0.3, -0.25) is 10.00 Å². The maximum Gasteiger partial charge on any atom is 0.338 e. The minimum absolute atomic E-state index is 0.0905. The van der Waals surface area contributed by atoms with E-state index in [1.807, 2.05) is 0 Å². The molecule has 2 aromatic rings. The molecule has 20 heavy (non-hydrogen) atoms. The largest absolute Gasteiger partial charge is 0.478 e. The van der Waals surface area contributed by atoms with Gasteiger partial charge in [0.25, 0.3) is 0 Å². The quantitative estimate of drug-likeness (QED) is 0.695. The van der Waals surface area contributed by atoms with Crippen LogP contribution in [0.25, 0.3) is 0 Å². The Morgan fingerprint density at radius 3 is 3.00 bits per heavy atom. The third kappa shape index (κ3) is 3.79. The topological polar surface area (TPSA) is 109 Å². The number of hydrogen-bond acceptors (Lipinski definition) is 5. The highest BCUT2D eigenvalue weighted by atomic mass is 32.1. The van der Waals surface area contributed by atoms with Crippen LogP contribution in [0.1, 0.15) is 16.8 Å². The molecule has 0 bridgehead atoms. The fourth-order valence-electron chi connectivity index (χ4n) is 1.52. The second-order valence-electron chi connectivity index (χ2n) is 3.87. The van der Waals surface area contributed by atoms with E-state index in [-0.39, 0.29) is 5.56 Å². The van der Waals surface area contributed by atoms with Crippen LogP contribution in [0.2, 0.25) is 0 Å². The van der Waals surface area contributed by atoms with Gasteiger partial charge < -0.3 is 10.4 Å². The number of carboxylic acid groups (broad SMARTS) is 1. The van der Waals surface area contributed by atoms with Crippen LogP contribution in [0.3, 0.4) is 0 Å². The highest BCUT2D eigenvalue weighted by molar-refractivity contribution is 7.14. The van der Waals surface area contributed by atoms with Gasteiger partial charge in [-0.2, -0.15) is 0 Å². The van der Waals surface area contributed by atoms with E-state index in [2.05, 4.69) is 20.9 Å². The number of amides is 2. The molecule has 9 heteroatoms.